The number of nitrogens with one attached hydrogen (secondary N) is 2. The molecule has 1 atom stereocenters. The van der Waals surface area contributed by atoms with E-state index in [1.165, 1.54) is 4.90 Å². The molecule has 0 bridgehead atoms. The minimum Gasteiger partial charge on any atom is -0.323 e. The number of urea groups is 1. The standard InChI is InChI=1S/C17H26N4O2S/c1-4-7-17(13-5-8-18-9-6-13)15(22)21(16(23)20-17)10-14-11(2)19-12(3)24-14/h13,18H,4-10H2,1-3H3,(H,20,23)/t17-/m0/s1. The van der Waals surface area contributed by atoms with Crippen LogP contribution in [0.2, 0.25) is 0 Å². The number of carbonyl (C=O) groups is 2. The van der Waals surface area contributed by atoms with Gasteiger partial charge in [0.25, 0.3) is 5.91 Å². The Morgan fingerprint density at radius 1 is 1.29 bits per heavy atom. The Morgan fingerprint density at radius 3 is 2.58 bits per heavy atom. The number of hydrogen-bond donors (Lipinski definition) is 2. The first-order chi connectivity index (χ1) is 11.5. The first kappa shape index (κ1) is 17.4. The molecule has 2 N–H and O–H groups in total. The summed E-state index contributed by atoms with van der Waals surface area (Å²) in [7, 11) is 0. The number of nitrogens with zero attached hydrogens (tertiary/aromatic N) is 2. The summed E-state index contributed by atoms with van der Waals surface area (Å²) in [5.41, 5.74) is 0.189. The quantitative estimate of drug-likeness (QED) is 0.800. The number of thiazole rings is 1. The molecule has 0 radical (unpaired) electrons. The third kappa shape index (κ3) is 2.95. The number of rotatable bonds is 5. The van der Waals surface area contributed by atoms with Crippen LogP contribution in [0.1, 0.15) is 48.2 Å². The fraction of sp³-hybridized carbons (Fsp3) is 0.706. The molecule has 2 aliphatic rings. The van der Waals surface area contributed by atoms with Crippen molar-refractivity contribution in [1.82, 2.24) is 20.5 Å². The molecule has 0 aliphatic carbocycles. The predicted molar refractivity (Wildman–Crippen MR) is 93.9 cm³/mol. The van der Waals surface area contributed by atoms with E-state index in [9.17, 15) is 9.59 Å². The lowest BCUT2D eigenvalue weighted by Crippen LogP contribution is -2.55. The molecule has 132 valence electrons. The van der Waals surface area contributed by atoms with Crippen molar-refractivity contribution in [3.8, 4) is 0 Å². The molecule has 0 unspecified atom stereocenters. The zero-order valence-corrected chi connectivity index (χ0v) is 15.5. The molecule has 24 heavy (non-hydrogen) atoms. The van der Waals surface area contributed by atoms with Gasteiger partial charge in [0.05, 0.1) is 17.2 Å². The van der Waals surface area contributed by atoms with Crippen LogP contribution in [0.3, 0.4) is 0 Å². The molecule has 2 saturated heterocycles. The van der Waals surface area contributed by atoms with Gasteiger partial charge in [-0.2, -0.15) is 0 Å². The van der Waals surface area contributed by atoms with Crippen LogP contribution in [0.5, 0.6) is 0 Å². The lowest BCUT2D eigenvalue weighted by molar-refractivity contribution is -0.134. The number of imide groups is 1. The fourth-order valence-electron chi connectivity index (χ4n) is 4.01. The number of piperidine rings is 1. The molecule has 3 rings (SSSR count). The van der Waals surface area contributed by atoms with E-state index >= 15 is 0 Å². The van der Waals surface area contributed by atoms with Gasteiger partial charge in [0, 0.05) is 4.88 Å². The van der Waals surface area contributed by atoms with E-state index in [4.69, 9.17) is 0 Å². The molecular formula is C17H26N4O2S. The Kier molecular flexibility index (Phi) is 4.92. The van der Waals surface area contributed by atoms with Crippen molar-refractivity contribution >= 4 is 23.3 Å². The lowest BCUT2D eigenvalue weighted by atomic mass is 9.75. The van der Waals surface area contributed by atoms with Crippen LogP contribution in [0.4, 0.5) is 4.79 Å². The smallest absolute Gasteiger partial charge is 0.323 e. The highest BCUT2D eigenvalue weighted by atomic mass is 32.1. The minimum atomic E-state index is -0.721. The average molecular weight is 350 g/mol. The summed E-state index contributed by atoms with van der Waals surface area (Å²) in [6.07, 6.45) is 3.44. The van der Waals surface area contributed by atoms with Gasteiger partial charge >= 0.3 is 6.03 Å². The van der Waals surface area contributed by atoms with E-state index in [-0.39, 0.29) is 17.9 Å². The fourth-order valence-corrected chi connectivity index (χ4v) is 4.94. The summed E-state index contributed by atoms with van der Waals surface area (Å²) in [4.78, 5) is 32.7. The highest BCUT2D eigenvalue weighted by Crippen LogP contribution is 2.36. The summed E-state index contributed by atoms with van der Waals surface area (Å²) in [5, 5.41) is 7.38. The Labute approximate surface area is 147 Å². The maximum Gasteiger partial charge on any atom is 0.325 e. The van der Waals surface area contributed by atoms with Crippen LogP contribution in [0, 0.1) is 19.8 Å². The Hall–Kier alpha value is -1.47. The highest BCUT2D eigenvalue weighted by molar-refractivity contribution is 7.11. The van der Waals surface area contributed by atoms with Crippen LogP contribution in [-0.4, -0.2) is 40.5 Å². The summed E-state index contributed by atoms with van der Waals surface area (Å²) in [5.74, 6) is 0.163. The maximum absolute atomic E-state index is 13.3. The predicted octanol–water partition coefficient (Wildman–Crippen LogP) is 2.35. The molecule has 7 heteroatoms. The molecule has 0 aromatic carbocycles. The lowest BCUT2D eigenvalue weighted by Gasteiger charge is -2.37. The van der Waals surface area contributed by atoms with Crippen LogP contribution in [-0.2, 0) is 11.3 Å². The largest absolute Gasteiger partial charge is 0.325 e. The maximum atomic E-state index is 13.3. The monoisotopic (exact) mass is 350 g/mol. The van der Waals surface area contributed by atoms with Gasteiger partial charge in [0.2, 0.25) is 0 Å². The molecule has 2 aliphatic heterocycles. The first-order valence-electron chi connectivity index (χ1n) is 8.75. The van der Waals surface area contributed by atoms with Gasteiger partial charge in [-0.05, 0) is 52.1 Å². The highest BCUT2D eigenvalue weighted by Gasteiger charge is 2.54. The summed E-state index contributed by atoms with van der Waals surface area (Å²) in [6.45, 7) is 8.10. The third-order valence-electron chi connectivity index (χ3n) is 5.18. The summed E-state index contributed by atoms with van der Waals surface area (Å²) in [6, 6.07) is -0.252. The van der Waals surface area contributed by atoms with Crippen LogP contribution >= 0.6 is 11.3 Å². The molecule has 0 saturated carbocycles. The van der Waals surface area contributed by atoms with E-state index in [1.54, 1.807) is 11.3 Å². The van der Waals surface area contributed by atoms with Gasteiger partial charge < -0.3 is 10.6 Å². The Bertz CT molecular complexity index is 639. The van der Waals surface area contributed by atoms with Gasteiger partial charge in [-0.25, -0.2) is 9.78 Å². The average Bonchev–Trinajstić information content (AvgIpc) is 3.00. The van der Waals surface area contributed by atoms with Gasteiger partial charge in [-0.1, -0.05) is 13.3 Å². The molecule has 2 fully saturated rings. The molecular weight excluding hydrogens is 324 g/mol. The third-order valence-corrected chi connectivity index (χ3v) is 6.24. The van der Waals surface area contributed by atoms with Crippen molar-refractivity contribution in [1.29, 1.82) is 0 Å². The zero-order chi connectivity index (χ0) is 17.3. The van der Waals surface area contributed by atoms with Gasteiger partial charge in [0.1, 0.15) is 5.54 Å². The Morgan fingerprint density at radius 2 is 2.00 bits per heavy atom. The van der Waals surface area contributed by atoms with Crippen molar-refractivity contribution in [3.63, 3.8) is 0 Å². The van der Waals surface area contributed by atoms with Crippen LogP contribution in [0.15, 0.2) is 0 Å². The number of amides is 3. The molecule has 3 amide bonds. The molecule has 3 heterocycles. The van der Waals surface area contributed by atoms with E-state index in [1.807, 2.05) is 13.8 Å². The van der Waals surface area contributed by atoms with E-state index < -0.39 is 5.54 Å². The van der Waals surface area contributed by atoms with Crippen molar-refractivity contribution < 1.29 is 9.59 Å². The van der Waals surface area contributed by atoms with E-state index in [0.717, 1.165) is 47.9 Å². The van der Waals surface area contributed by atoms with Gasteiger partial charge in [-0.3, -0.25) is 9.69 Å². The van der Waals surface area contributed by atoms with Crippen molar-refractivity contribution in [2.75, 3.05) is 13.1 Å². The molecule has 1 aromatic rings. The second-order valence-corrected chi connectivity index (χ2v) is 8.10. The van der Waals surface area contributed by atoms with Crippen molar-refractivity contribution in [2.45, 2.75) is 58.5 Å². The minimum absolute atomic E-state index is 0.0493. The van der Waals surface area contributed by atoms with Crippen LogP contribution in [0.25, 0.3) is 0 Å². The molecule has 6 nitrogen and oxygen atoms in total. The van der Waals surface area contributed by atoms with Crippen LogP contribution < -0.4 is 10.6 Å². The van der Waals surface area contributed by atoms with Crippen molar-refractivity contribution in [2.24, 2.45) is 5.92 Å². The SMILES string of the molecule is CCC[C@@]1(C2CCNCC2)NC(=O)N(Cc2sc(C)nc2C)C1=O. The van der Waals surface area contributed by atoms with Gasteiger partial charge in [-0.15, -0.1) is 11.3 Å². The number of aromatic nitrogens is 1. The number of hydrogen-bond acceptors (Lipinski definition) is 5. The summed E-state index contributed by atoms with van der Waals surface area (Å²) < 4.78 is 0. The zero-order valence-electron chi connectivity index (χ0n) is 14.6. The van der Waals surface area contributed by atoms with Crippen molar-refractivity contribution in [3.05, 3.63) is 15.6 Å². The van der Waals surface area contributed by atoms with Gasteiger partial charge in [0.15, 0.2) is 0 Å². The Balaban J connectivity index is 1.86. The second kappa shape index (κ2) is 6.80. The molecule has 0 spiro atoms. The number of aryl methyl sites for hydroxylation is 2. The normalized spacial score (nSPS) is 25.4. The summed E-state index contributed by atoms with van der Waals surface area (Å²) >= 11 is 1.56. The van der Waals surface area contributed by atoms with E-state index in [0.29, 0.717) is 13.0 Å². The first-order valence-corrected chi connectivity index (χ1v) is 9.57. The number of carbonyl (C=O) groups excluding carboxylic acids is 2. The van der Waals surface area contributed by atoms with E-state index in [2.05, 4.69) is 22.5 Å². The second-order valence-electron chi connectivity index (χ2n) is 6.81. The molecule has 1 aromatic heterocycles. The topological polar surface area (TPSA) is 74.3 Å².